The van der Waals surface area contributed by atoms with Crippen molar-refractivity contribution in [2.75, 3.05) is 18.6 Å². The molecule has 0 bridgehead atoms. The lowest BCUT2D eigenvalue weighted by Gasteiger charge is -2.32. The number of benzene rings is 1. The van der Waals surface area contributed by atoms with Crippen LogP contribution < -0.4 is 0 Å². The Labute approximate surface area is 142 Å². The predicted octanol–water partition coefficient (Wildman–Crippen LogP) is 1.11. The van der Waals surface area contributed by atoms with Crippen molar-refractivity contribution >= 4 is 21.7 Å². The number of esters is 1. The molecule has 132 valence electrons. The Morgan fingerprint density at radius 3 is 2.62 bits per heavy atom. The summed E-state index contributed by atoms with van der Waals surface area (Å²) >= 11 is 0. The Hall–Kier alpha value is -1.89. The molecule has 1 fully saturated rings. The molecule has 1 aromatic carbocycles. The van der Waals surface area contributed by atoms with Crippen molar-refractivity contribution in [1.82, 2.24) is 4.90 Å². The van der Waals surface area contributed by atoms with E-state index in [9.17, 15) is 18.0 Å². The highest BCUT2D eigenvalue weighted by Gasteiger charge is 2.39. The summed E-state index contributed by atoms with van der Waals surface area (Å²) in [5.41, 5.74) is 1.87. The summed E-state index contributed by atoms with van der Waals surface area (Å²) in [7, 11) is -1.91. The van der Waals surface area contributed by atoms with Gasteiger partial charge in [0.2, 0.25) is 5.91 Å². The number of sulfone groups is 1. The molecule has 0 aliphatic carbocycles. The van der Waals surface area contributed by atoms with Gasteiger partial charge in [-0.3, -0.25) is 4.79 Å². The fourth-order valence-electron chi connectivity index (χ4n) is 3.10. The van der Waals surface area contributed by atoms with Crippen LogP contribution >= 0.6 is 0 Å². The Balaban J connectivity index is 2.24. The molecule has 24 heavy (non-hydrogen) atoms. The Kier molecular flexibility index (Phi) is 5.64. The van der Waals surface area contributed by atoms with E-state index in [-0.39, 0.29) is 23.8 Å². The second kappa shape index (κ2) is 7.34. The zero-order valence-electron chi connectivity index (χ0n) is 14.2. The van der Waals surface area contributed by atoms with Crippen LogP contribution in [0.1, 0.15) is 24.5 Å². The van der Waals surface area contributed by atoms with Crippen molar-refractivity contribution in [3.05, 3.63) is 35.4 Å². The SMILES string of the molecule is COC(=O)[C@@H](C)N(C(=O)Cc1cccc(C)c1)[C@H]1CCS(=O)(=O)C1. The lowest BCUT2D eigenvalue weighted by Crippen LogP contribution is -2.50. The highest BCUT2D eigenvalue weighted by molar-refractivity contribution is 7.91. The number of hydrogen-bond donors (Lipinski definition) is 0. The molecule has 1 aliphatic rings. The minimum atomic E-state index is -3.17. The van der Waals surface area contributed by atoms with Crippen LogP contribution in [0.4, 0.5) is 0 Å². The van der Waals surface area contributed by atoms with E-state index in [0.29, 0.717) is 6.42 Å². The maximum absolute atomic E-state index is 12.8. The van der Waals surface area contributed by atoms with Gasteiger partial charge in [0, 0.05) is 6.04 Å². The van der Waals surface area contributed by atoms with Gasteiger partial charge in [-0.1, -0.05) is 29.8 Å². The number of rotatable bonds is 5. The van der Waals surface area contributed by atoms with Gasteiger partial charge in [-0.05, 0) is 25.8 Å². The molecule has 0 radical (unpaired) electrons. The zero-order chi connectivity index (χ0) is 17.9. The van der Waals surface area contributed by atoms with E-state index in [1.165, 1.54) is 12.0 Å². The highest BCUT2D eigenvalue weighted by atomic mass is 32.2. The van der Waals surface area contributed by atoms with Crippen LogP contribution in [-0.4, -0.2) is 55.9 Å². The van der Waals surface area contributed by atoms with E-state index in [2.05, 4.69) is 0 Å². The molecule has 1 amide bonds. The molecule has 2 atom stereocenters. The van der Waals surface area contributed by atoms with Gasteiger partial charge >= 0.3 is 5.97 Å². The first kappa shape index (κ1) is 18.4. The third-order valence-corrected chi connectivity index (χ3v) is 6.04. The van der Waals surface area contributed by atoms with Crippen LogP contribution in [0.15, 0.2) is 24.3 Å². The van der Waals surface area contributed by atoms with Gasteiger partial charge in [-0.15, -0.1) is 0 Å². The van der Waals surface area contributed by atoms with Gasteiger partial charge in [0.25, 0.3) is 0 Å². The fraction of sp³-hybridized carbons (Fsp3) is 0.529. The largest absolute Gasteiger partial charge is 0.467 e. The molecule has 2 rings (SSSR count). The third-order valence-electron chi connectivity index (χ3n) is 4.29. The van der Waals surface area contributed by atoms with E-state index in [1.54, 1.807) is 6.92 Å². The normalized spacial score (nSPS) is 20.4. The van der Waals surface area contributed by atoms with Crippen molar-refractivity contribution < 1.29 is 22.7 Å². The predicted molar refractivity (Wildman–Crippen MR) is 90.3 cm³/mol. The molecular weight excluding hydrogens is 330 g/mol. The molecule has 1 heterocycles. The molecule has 0 N–H and O–H groups in total. The van der Waals surface area contributed by atoms with Gasteiger partial charge in [-0.25, -0.2) is 13.2 Å². The van der Waals surface area contributed by atoms with Crippen molar-refractivity contribution in [1.29, 1.82) is 0 Å². The fourth-order valence-corrected chi connectivity index (χ4v) is 4.81. The molecule has 0 unspecified atom stereocenters. The highest BCUT2D eigenvalue weighted by Crippen LogP contribution is 2.22. The molecule has 0 aromatic heterocycles. The topological polar surface area (TPSA) is 80.8 Å². The minimum Gasteiger partial charge on any atom is -0.467 e. The summed E-state index contributed by atoms with van der Waals surface area (Å²) in [5, 5.41) is 0. The van der Waals surface area contributed by atoms with Crippen LogP contribution in [0.3, 0.4) is 0 Å². The summed E-state index contributed by atoms with van der Waals surface area (Å²) in [6.45, 7) is 3.51. The molecule has 1 aliphatic heterocycles. The van der Waals surface area contributed by atoms with Crippen LogP contribution in [0.25, 0.3) is 0 Å². The quantitative estimate of drug-likeness (QED) is 0.741. The van der Waals surface area contributed by atoms with Crippen LogP contribution in [0, 0.1) is 6.92 Å². The summed E-state index contributed by atoms with van der Waals surface area (Å²) in [4.78, 5) is 26.1. The van der Waals surface area contributed by atoms with Crippen molar-refractivity contribution in [3.8, 4) is 0 Å². The first-order chi connectivity index (χ1) is 11.2. The average molecular weight is 353 g/mol. The average Bonchev–Trinajstić information content (AvgIpc) is 2.86. The minimum absolute atomic E-state index is 0.0415. The van der Waals surface area contributed by atoms with Gasteiger partial charge < -0.3 is 9.64 Å². The number of ether oxygens (including phenoxy) is 1. The Bertz CT molecular complexity index is 728. The van der Waals surface area contributed by atoms with Crippen LogP contribution in [-0.2, 0) is 30.6 Å². The van der Waals surface area contributed by atoms with Gasteiger partial charge in [0.15, 0.2) is 9.84 Å². The first-order valence-corrected chi connectivity index (χ1v) is 9.70. The maximum atomic E-state index is 12.8. The second-order valence-corrected chi connectivity index (χ2v) is 8.45. The Morgan fingerprint density at radius 1 is 1.38 bits per heavy atom. The number of carbonyl (C=O) groups excluding carboxylic acids is 2. The molecule has 6 nitrogen and oxygen atoms in total. The van der Waals surface area contributed by atoms with Crippen molar-refractivity contribution in [2.45, 2.75) is 38.8 Å². The van der Waals surface area contributed by atoms with E-state index in [0.717, 1.165) is 11.1 Å². The van der Waals surface area contributed by atoms with E-state index < -0.39 is 27.9 Å². The number of amides is 1. The molecule has 1 saturated heterocycles. The Morgan fingerprint density at radius 2 is 2.08 bits per heavy atom. The van der Waals surface area contributed by atoms with Crippen LogP contribution in [0.2, 0.25) is 0 Å². The smallest absolute Gasteiger partial charge is 0.328 e. The number of nitrogens with zero attached hydrogens (tertiary/aromatic N) is 1. The summed E-state index contributed by atoms with van der Waals surface area (Å²) in [5.74, 6) is -0.870. The maximum Gasteiger partial charge on any atom is 0.328 e. The van der Waals surface area contributed by atoms with Gasteiger partial charge in [0.05, 0.1) is 25.0 Å². The number of hydrogen-bond acceptors (Lipinski definition) is 5. The third kappa shape index (κ3) is 4.35. The summed E-state index contributed by atoms with van der Waals surface area (Å²) in [6, 6.07) is 6.26. The zero-order valence-corrected chi connectivity index (χ0v) is 15.0. The van der Waals surface area contributed by atoms with Crippen molar-refractivity contribution in [2.24, 2.45) is 0 Å². The molecule has 7 heteroatoms. The number of carbonyl (C=O) groups is 2. The molecular formula is C17H23NO5S. The monoisotopic (exact) mass is 353 g/mol. The summed E-state index contributed by atoms with van der Waals surface area (Å²) in [6.07, 6.45) is 0.475. The second-order valence-electron chi connectivity index (χ2n) is 6.22. The van der Waals surface area contributed by atoms with E-state index in [1.807, 2.05) is 31.2 Å². The first-order valence-electron chi connectivity index (χ1n) is 7.88. The lowest BCUT2D eigenvalue weighted by atomic mass is 10.1. The standard InChI is InChI=1S/C17H23NO5S/c1-12-5-4-6-14(9-12)10-16(19)18(13(2)17(20)23-3)15-7-8-24(21,22)11-15/h4-6,9,13,15H,7-8,10-11H2,1-3H3/t13-,15+/m1/s1. The number of methoxy groups -OCH3 is 1. The van der Waals surface area contributed by atoms with E-state index in [4.69, 9.17) is 4.74 Å². The van der Waals surface area contributed by atoms with E-state index >= 15 is 0 Å². The number of aryl methyl sites for hydroxylation is 1. The van der Waals surface area contributed by atoms with Gasteiger partial charge in [-0.2, -0.15) is 0 Å². The summed E-state index contributed by atoms with van der Waals surface area (Å²) < 4.78 is 28.3. The molecule has 0 saturated carbocycles. The van der Waals surface area contributed by atoms with Gasteiger partial charge in [0.1, 0.15) is 6.04 Å². The molecule has 0 spiro atoms. The molecule has 1 aromatic rings. The van der Waals surface area contributed by atoms with Crippen LogP contribution in [0.5, 0.6) is 0 Å². The van der Waals surface area contributed by atoms with Crippen molar-refractivity contribution in [3.63, 3.8) is 0 Å². The lowest BCUT2D eigenvalue weighted by molar-refractivity contribution is -0.153.